The Bertz CT molecular complexity index is 998. The van der Waals surface area contributed by atoms with E-state index in [1.807, 2.05) is 47.0 Å². The Morgan fingerprint density at radius 3 is 2.80 bits per heavy atom. The number of para-hydroxylation sites is 1. The first-order chi connectivity index (χ1) is 12.2. The molecule has 4 rings (SSSR count). The Morgan fingerprint density at radius 2 is 2.08 bits per heavy atom. The summed E-state index contributed by atoms with van der Waals surface area (Å²) in [7, 11) is 1.65. The maximum Gasteiger partial charge on any atom is 0.262 e. The summed E-state index contributed by atoms with van der Waals surface area (Å²) in [5.74, 6) is 1.56. The van der Waals surface area contributed by atoms with Crippen LogP contribution in [-0.2, 0) is 5.75 Å². The van der Waals surface area contributed by atoms with Gasteiger partial charge in [0.2, 0.25) is 0 Å². The van der Waals surface area contributed by atoms with Gasteiger partial charge in [-0.2, -0.15) is 0 Å². The van der Waals surface area contributed by atoms with E-state index in [0.29, 0.717) is 11.4 Å². The van der Waals surface area contributed by atoms with Crippen LogP contribution in [0.1, 0.15) is 24.4 Å². The van der Waals surface area contributed by atoms with Crippen LogP contribution in [-0.4, -0.2) is 16.7 Å². The molecule has 0 N–H and O–H groups in total. The van der Waals surface area contributed by atoms with Gasteiger partial charge in [0, 0.05) is 11.8 Å². The summed E-state index contributed by atoms with van der Waals surface area (Å²) in [6.07, 6.45) is 2.11. The van der Waals surface area contributed by atoms with Crippen LogP contribution in [0, 0.1) is 0 Å². The number of methoxy groups -OCH3 is 1. The van der Waals surface area contributed by atoms with Gasteiger partial charge < -0.3 is 4.74 Å². The van der Waals surface area contributed by atoms with Gasteiger partial charge in [0.05, 0.1) is 22.5 Å². The standard InChI is InChI=1S/C19H17BrN2O2S/c1-24-17-9-6-12(10-15(17)20)11-25-19-21-16-5-3-2-4-14(16)18(23)22(19)13-7-8-13/h2-6,9-10,13H,7-8,11H2,1H3. The quantitative estimate of drug-likeness (QED) is 0.442. The van der Waals surface area contributed by atoms with Crippen molar-refractivity contribution in [1.82, 2.24) is 9.55 Å². The fraction of sp³-hybridized carbons (Fsp3) is 0.263. The van der Waals surface area contributed by atoms with Crippen molar-refractivity contribution in [3.8, 4) is 5.75 Å². The minimum atomic E-state index is 0.0755. The lowest BCUT2D eigenvalue weighted by atomic mass is 10.2. The van der Waals surface area contributed by atoms with E-state index in [9.17, 15) is 4.79 Å². The first-order valence-corrected chi connectivity index (χ1v) is 9.91. The van der Waals surface area contributed by atoms with Crippen LogP contribution in [0.15, 0.2) is 56.9 Å². The van der Waals surface area contributed by atoms with Crippen LogP contribution < -0.4 is 10.3 Å². The van der Waals surface area contributed by atoms with Gasteiger partial charge in [0.1, 0.15) is 5.75 Å². The van der Waals surface area contributed by atoms with Crippen LogP contribution in [0.3, 0.4) is 0 Å². The molecule has 0 radical (unpaired) electrons. The van der Waals surface area contributed by atoms with Gasteiger partial charge in [-0.1, -0.05) is 30.0 Å². The predicted molar refractivity (Wildman–Crippen MR) is 105 cm³/mol. The molecule has 2 aromatic carbocycles. The van der Waals surface area contributed by atoms with Crippen LogP contribution in [0.5, 0.6) is 5.75 Å². The molecule has 1 aliphatic carbocycles. The van der Waals surface area contributed by atoms with Crippen molar-refractivity contribution in [2.75, 3.05) is 7.11 Å². The zero-order valence-electron chi connectivity index (χ0n) is 13.7. The Balaban J connectivity index is 1.68. The SMILES string of the molecule is COc1ccc(CSc2nc3ccccc3c(=O)n2C2CC2)cc1Br. The summed E-state index contributed by atoms with van der Waals surface area (Å²) in [6, 6.07) is 13.9. The van der Waals surface area contributed by atoms with Gasteiger partial charge in [-0.05, 0) is 58.6 Å². The van der Waals surface area contributed by atoms with Crippen molar-refractivity contribution in [3.63, 3.8) is 0 Å². The number of fused-ring (bicyclic) bond motifs is 1. The second-order valence-corrected chi connectivity index (χ2v) is 7.87. The van der Waals surface area contributed by atoms with E-state index in [1.54, 1.807) is 18.9 Å². The molecular formula is C19H17BrN2O2S. The molecule has 3 aromatic rings. The molecule has 4 nitrogen and oxygen atoms in total. The molecule has 1 fully saturated rings. The lowest BCUT2D eigenvalue weighted by molar-refractivity contribution is 0.412. The second kappa shape index (κ2) is 6.84. The normalized spacial score (nSPS) is 14.0. The summed E-state index contributed by atoms with van der Waals surface area (Å²) in [5.41, 5.74) is 2.00. The zero-order valence-corrected chi connectivity index (χ0v) is 16.1. The van der Waals surface area contributed by atoms with Crippen LogP contribution in [0.4, 0.5) is 0 Å². The molecule has 0 aliphatic heterocycles. The predicted octanol–water partition coefficient (Wildman–Crippen LogP) is 4.79. The highest BCUT2D eigenvalue weighted by molar-refractivity contribution is 9.10. The van der Waals surface area contributed by atoms with E-state index in [2.05, 4.69) is 15.9 Å². The van der Waals surface area contributed by atoms with Gasteiger partial charge >= 0.3 is 0 Å². The van der Waals surface area contributed by atoms with E-state index in [0.717, 1.165) is 45.1 Å². The molecule has 0 atom stereocenters. The summed E-state index contributed by atoms with van der Waals surface area (Å²) >= 11 is 5.13. The van der Waals surface area contributed by atoms with E-state index < -0.39 is 0 Å². The van der Waals surface area contributed by atoms with Crippen LogP contribution >= 0.6 is 27.7 Å². The third-order valence-corrected chi connectivity index (χ3v) is 5.92. The Labute approximate surface area is 158 Å². The molecule has 0 unspecified atom stereocenters. The highest BCUT2D eigenvalue weighted by Crippen LogP contribution is 2.37. The van der Waals surface area contributed by atoms with Gasteiger partial charge in [0.25, 0.3) is 5.56 Å². The second-order valence-electron chi connectivity index (χ2n) is 6.08. The number of ether oxygens (including phenoxy) is 1. The molecule has 25 heavy (non-hydrogen) atoms. The van der Waals surface area contributed by atoms with E-state index in [-0.39, 0.29) is 5.56 Å². The topological polar surface area (TPSA) is 44.1 Å². The molecule has 0 saturated heterocycles. The average Bonchev–Trinajstić information content (AvgIpc) is 3.45. The monoisotopic (exact) mass is 416 g/mol. The molecule has 0 amide bonds. The Kier molecular flexibility index (Phi) is 4.56. The minimum Gasteiger partial charge on any atom is -0.496 e. The molecule has 6 heteroatoms. The maximum absolute atomic E-state index is 12.9. The average molecular weight is 417 g/mol. The van der Waals surface area contributed by atoms with Gasteiger partial charge in [0.15, 0.2) is 5.16 Å². The van der Waals surface area contributed by atoms with E-state index in [4.69, 9.17) is 9.72 Å². The molecule has 1 aliphatic rings. The van der Waals surface area contributed by atoms with Crippen molar-refractivity contribution in [2.24, 2.45) is 0 Å². The number of benzene rings is 2. The van der Waals surface area contributed by atoms with Gasteiger partial charge in [-0.15, -0.1) is 0 Å². The highest BCUT2D eigenvalue weighted by Gasteiger charge is 2.28. The summed E-state index contributed by atoms with van der Waals surface area (Å²) in [5, 5.41) is 1.50. The third kappa shape index (κ3) is 3.33. The summed E-state index contributed by atoms with van der Waals surface area (Å²) in [4.78, 5) is 17.6. The first kappa shape index (κ1) is 16.7. The lowest BCUT2D eigenvalue weighted by Crippen LogP contribution is -2.22. The number of rotatable bonds is 5. The number of hydrogen-bond donors (Lipinski definition) is 0. The Morgan fingerprint density at radius 1 is 1.28 bits per heavy atom. The maximum atomic E-state index is 12.9. The number of halogens is 1. The number of thioether (sulfide) groups is 1. The van der Waals surface area contributed by atoms with Crippen molar-refractivity contribution in [2.45, 2.75) is 29.8 Å². The Hall–Kier alpha value is -1.79. The molecule has 128 valence electrons. The largest absolute Gasteiger partial charge is 0.496 e. The van der Waals surface area contributed by atoms with E-state index >= 15 is 0 Å². The third-order valence-electron chi connectivity index (χ3n) is 4.27. The smallest absolute Gasteiger partial charge is 0.262 e. The fourth-order valence-corrected chi connectivity index (χ4v) is 4.43. The fourth-order valence-electron chi connectivity index (χ4n) is 2.83. The highest BCUT2D eigenvalue weighted by atomic mass is 79.9. The van der Waals surface area contributed by atoms with Crippen molar-refractivity contribution in [3.05, 3.63) is 62.9 Å². The van der Waals surface area contributed by atoms with Crippen molar-refractivity contribution >= 4 is 38.6 Å². The summed E-state index contributed by atoms with van der Waals surface area (Å²) in [6.45, 7) is 0. The number of nitrogens with zero attached hydrogens (tertiary/aromatic N) is 2. The summed E-state index contributed by atoms with van der Waals surface area (Å²) < 4.78 is 8.08. The first-order valence-electron chi connectivity index (χ1n) is 8.14. The van der Waals surface area contributed by atoms with Crippen molar-refractivity contribution < 1.29 is 4.74 Å². The van der Waals surface area contributed by atoms with Crippen LogP contribution in [0.2, 0.25) is 0 Å². The minimum absolute atomic E-state index is 0.0755. The molecular weight excluding hydrogens is 400 g/mol. The molecule has 1 heterocycles. The van der Waals surface area contributed by atoms with E-state index in [1.165, 1.54) is 0 Å². The number of aromatic nitrogens is 2. The number of hydrogen-bond acceptors (Lipinski definition) is 4. The van der Waals surface area contributed by atoms with Crippen molar-refractivity contribution in [1.29, 1.82) is 0 Å². The molecule has 0 bridgehead atoms. The zero-order chi connectivity index (χ0) is 17.4. The molecule has 1 aromatic heterocycles. The molecule has 0 spiro atoms. The molecule has 1 saturated carbocycles. The van der Waals surface area contributed by atoms with Crippen LogP contribution in [0.25, 0.3) is 10.9 Å². The van der Waals surface area contributed by atoms with Gasteiger partial charge in [-0.25, -0.2) is 4.98 Å². The van der Waals surface area contributed by atoms with Gasteiger partial charge in [-0.3, -0.25) is 9.36 Å². The lowest BCUT2D eigenvalue weighted by Gasteiger charge is -2.12.